The number of sulfonamides is 1. The predicted octanol–water partition coefficient (Wildman–Crippen LogP) is 1.96. The Morgan fingerprint density at radius 1 is 1.50 bits per heavy atom. The van der Waals surface area contributed by atoms with Gasteiger partial charge in [-0.25, -0.2) is 17.1 Å². The van der Waals surface area contributed by atoms with Crippen molar-refractivity contribution in [3.05, 3.63) is 34.6 Å². The molecule has 0 amide bonds. The van der Waals surface area contributed by atoms with E-state index in [0.717, 1.165) is 10.4 Å². The van der Waals surface area contributed by atoms with Crippen LogP contribution >= 0.6 is 11.6 Å². The molecule has 1 unspecified atom stereocenters. The molecule has 5 nitrogen and oxygen atoms in total. The molecule has 0 aromatic heterocycles. The van der Waals surface area contributed by atoms with Gasteiger partial charge in [0.15, 0.2) is 0 Å². The molecule has 0 saturated carbocycles. The number of carboxylic acid groups (broad SMARTS) is 1. The van der Waals surface area contributed by atoms with Crippen LogP contribution in [-0.4, -0.2) is 37.4 Å². The average Bonchev–Trinajstić information content (AvgIpc) is 2.33. The summed E-state index contributed by atoms with van der Waals surface area (Å²) in [5.74, 6) is -3.27. The molecular weight excluding hydrogens is 309 g/mol. The number of carboxylic acids is 1. The van der Waals surface area contributed by atoms with E-state index in [0.29, 0.717) is 0 Å². The molecule has 1 aromatic carbocycles. The second kappa shape index (κ2) is 6.51. The van der Waals surface area contributed by atoms with Gasteiger partial charge in [0.05, 0.1) is 11.7 Å². The monoisotopic (exact) mass is 323 g/mol. The van der Waals surface area contributed by atoms with Gasteiger partial charge in [0.25, 0.3) is 0 Å². The first-order valence-corrected chi connectivity index (χ1v) is 7.73. The van der Waals surface area contributed by atoms with Crippen LogP contribution in [0.2, 0.25) is 5.02 Å². The molecular formula is C12H15ClFNO4S. The summed E-state index contributed by atoms with van der Waals surface area (Å²) in [6, 6.07) is 3.90. The summed E-state index contributed by atoms with van der Waals surface area (Å²) in [6.45, 7) is 1.20. The maximum absolute atomic E-state index is 13.6. The normalized spacial score (nSPS) is 13.4. The van der Waals surface area contributed by atoms with Crippen molar-refractivity contribution >= 4 is 27.6 Å². The molecule has 0 heterocycles. The Kier molecular flexibility index (Phi) is 5.50. The van der Waals surface area contributed by atoms with Crippen molar-refractivity contribution in [1.82, 2.24) is 4.31 Å². The average molecular weight is 324 g/mol. The van der Waals surface area contributed by atoms with E-state index >= 15 is 0 Å². The van der Waals surface area contributed by atoms with Gasteiger partial charge in [-0.3, -0.25) is 4.79 Å². The van der Waals surface area contributed by atoms with E-state index in [1.165, 1.54) is 26.1 Å². The van der Waals surface area contributed by atoms with Crippen LogP contribution < -0.4 is 0 Å². The quantitative estimate of drug-likeness (QED) is 0.868. The molecule has 0 fully saturated rings. The van der Waals surface area contributed by atoms with Gasteiger partial charge in [0, 0.05) is 24.2 Å². The van der Waals surface area contributed by atoms with Crippen molar-refractivity contribution in [2.24, 2.45) is 5.92 Å². The van der Waals surface area contributed by atoms with Crippen LogP contribution in [0, 0.1) is 11.7 Å². The van der Waals surface area contributed by atoms with Crippen LogP contribution in [0.1, 0.15) is 12.5 Å². The van der Waals surface area contributed by atoms with E-state index in [2.05, 4.69) is 0 Å². The van der Waals surface area contributed by atoms with Crippen LogP contribution in [0.5, 0.6) is 0 Å². The largest absolute Gasteiger partial charge is 0.481 e. The van der Waals surface area contributed by atoms with E-state index in [1.807, 2.05) is 0 Å². The van der Waals surface area contributed by atoms with Crippen molar-refractivity contribution in [2.45, 2.75) is 12.7 Å². The van der Waals surface area contributed by atoms with Crippen molar-refractivity contribution in [1.29, 1.82) is 0 Å². The van der Waals surface area contributed by atoms with Gasteiger partial charge < -0.3 is 5.11 Å². The van der Waals surface area contributed by atoms with E-state index in [9.17, 15) is 17.6 Å². The molecule has 112 valence electrons. The van der Waals surface area contributed by atoms with Crippen LogP contribution in [0.15, 0.2) is 18.2 Å². The number of nitrogens with zero attached hydrogens (tertiary/aromatic N) is 1. The van der Waals surface area contributed by atoms with Gasteiger partial charge in [-0.1, -0.05) is 24.6 Å². The Hall–Kier alpha value is -1.18. The summed E-state index contributed by atoms with van der Waals surface area (Å²) < 4.78 is 38.6. The molecule has 1 rings (SSSR count). The van der Waals surface area contributed by atoms with E-state index < -0.39 is 33.5 Å². The van der Waals surface area contributed by atoms with Crippen LogP contribution in [0.3, 0.4) is 0 Å². The lowest BCUT2D eigenvalue weighted by Gasteiger charge is -2.19. The number of carbonyl (C=O) groups is 1. The first kappa shape index (κ1) is 16.9. The summed E-state index contributed by atoms with van der Waals surface area (Å²) in [5, 5.41) is 8.79. The molecule has 0 aliphatic rings. The van der Waals surface area contributed by atoms with Crippen LogP contribution in [0.4, 0.5) is 4.39 Å². The van der Waals surface area contributed by atoms with E-state index in [-0.39, 0.29) is 17.1 Å². The lowest BCUT2D eigenvalue weighted by atomic mass is 10.2. The zero-order chi connectivity index (χ0) is 15.5. The molecule has 0 aliphatic carbocycles. The SMILES string of the molecule is CC(CN(C)S(=O)(=O)Cc1c(F)cccc1Cl)C(=O)O. The number of benzene rings is 1. The third-order valence-corrected chi connectivity index (χ3v) is 4.92. The smallest absolute Gasteiger partial charge is 0.307 e. The summed E-state index contributed by atoms with van der Waals surface area (Å²) in [5.41, 5.74) is -0.121. The molecule has 20 heavy (non-hydrogen) atoms. The Morgan fingerprint density at radius 3 is 2.60 bits per heavy atom. The minimum absolute atomic E-state index is 0.0215. The molecule has 1 N–H and O–H groups in total. The van der Waals surface area contributed by atoms with Gasteiger partial charge >= 0.3 is 5.97 Å². The maximum atomic E-state index is 13.6. The number of rotatable bonds is 6. The van der Waals surface area contributed by atoms with Gasteiger partial charge in [-0.15, -0.1) is 0 Å². The Morgan fingerprint density at radius 2 is 2.10 bits per heavy atom. The molecule has 1 atom stereocenters. The zero-order valence-corrected chi connectivity index (χ0v) is 12.6. The Labute approximate surface area is 122 Å². The molecule has 0 aliphatic heterocycles. The van der Waals surface area contributed by atoms with Gasteiger partial charge in [-0.05, 0) is 12.1 Å². The maximum Gasteiger partial charge on any atom is 0.307 e. The highest BCUT2D eigenvalue weighted by molar-refractivity contribution is 7.88. The highest BCUT2D eigenvalue weighted by Crippen LogP contribution is 2.22. The molecule has 0 radical (unpaired) electrons. The predicted molar refractivity (Wildman–Crippen MR) is 73.5 cm³/mol. The Bertz CT molecular complexity index is 585. The van der Waals surface area contributed by atoms with Crippen molar-refractivity contribution < 1.29 is 22.7 Å². The highest BCUT2D eigenvalue weighted by atomic mass is 35.5. The van der Waals surface area contributed by atoms with Crippen LogP contribution in [-0.2, 0) is 20.6 Å². The fourth-order valence-electron chi connectivity index (χ4n) is 1.54. The first-order chi connectivity index (χ1) is 9.15. The number of halogens is 2. The minimum Gasteiger partial charge on any atom is -0.481 e. The standard InChI is InChI=1S/C12H15ClFNO4S/c1-8(12(16)17)6-15(2)20(18,19)7-9-10(13)4-3-5-11(9)14/h3-5,8H,6-7H2,1-2H3,(H,16,17). The second-order valence-corrected chi connectivity index (χ2v) is 6.96. The number of hydrogen-bond donors (Lipinski definition) is 1. The fraction of sp³-hybridized carbons (Fsp3) is 0.417. The number of aliphatic carboxylic acids is 1. The molecule has 1 aromatic rings. The highest BCUT2D eigenvalue weighted by Gasteiger charge is 2.25. The number of hydrogen-bond acceptors (Lipinski definition) is 3. The molecule has 8 heteroatoms. The third-order valence-electron chi connectivity index (χ3n) is 2.82. The lowest BCUT2D eigenvalue weighted by molar-refractivity contribution is -0.141. The topological polar surface area (TPSA) is 74.7 Å². The minimum atomic E-state index is -3.84. The van der Waals surface area contributed by atoms with E-state index in [1.54, 1.807) is 0 Å². The third kappa shape index (κ3) is 4.16. The van der Waals surface area contributed by atoms with E-state index in [4.69, 9.17) is 16.7 Å². The summed E-state index contributed by atoms with van der Waals surface area (Å²) in [4.78, 5) is 10.7. The first-order valence-electron chi connectivity index (χ1n) is 5.75. The summed E-state index contributed by atoms with van der Waals surface area (Å²) in [6.07, 6.45) is 0. The summed E-state index contributed by atoms with van der Waals surface area (Å²) in [7, 11) is -2.59. The molecule has 0 spiro atoms. The Balaban J connectivity index is 2.92. The molecule has 0 saturated heterocycles. The summed E-state index contributed by atoms with van der Waals surface area (Å²) >= 11 is 5.78. The van der Waals surface area contributed by atoms with Crippen molar-refractivity contribution in [2.75, 3.05) is 13.6 Å². The van der Waals surface area contributed by atoms with Crippen LogP contribution in [0.25, 0.3) is 0 Å². The fourth-order valence-corrected chi connectivity index (χ4v) is 3.18. The van der Waals surface area contributed by atoms with Gasteiger partial charge in [0.1, 0.15) is 5.82 Å². The molecule has 0 bridgehead atoms. The lowest BCUT2D eigenvalue weighted by Crippen LogP contribution is -2.34. The van der Waals surface area contributed by atoms with Gasteiger partial charge in [0.2, 0.25) is 10.0 Å². The van der Waals surface area contributed by atoms with Crippen molar-refractivity contribution in [3.8, 4) is 0 Å². The second-order valence-electron chi connectivity index (χ2n) is 4.48. The zero-order valence-electron chi connectivity index (χ0n) is 11.0. The van der Waals surface area contributed by atoms with Gasteiger partial charge in [-0.2, -0.15) is 0 Å². The van der Waals surface area contributed by atoms with Crippen molar-refractivity contribution in [3.63, 3.8) is 0 Å².